The number of amides is 2. The van der Waals surface area contributed by atoms with Gasteiger partial charge in [-0.2, -0.15) is 0 Å². The van der Waals surface area contributed by atoms with Crippen LogP contribution in [0.3, 0.4) is 0 Å². The van der Waals surface area contributed by atoms with Crippen LogP contribution < -0.4 is 16.4 Å². The summed E-state index contributed by atoms with van der Waals surface area (Å²) in [7, 11) is 1.98. The summed E-state index contributed by atoms with van der Waals surface area (Å²) in [5.41, 5.74) is 6.29. The maximum absolute atomic E-state index is 12.3. The first-order valence-corrected chi connectivity index (χ1v) is 8.66. The molecule has 27 heavy (non-hydrogen) atoms. The third-order valence-electron chi connectivity index (χ3n) is 4.59. The first kappa shape index (κ1) is 20.9. The van der Waals surface area contributed by atoms with Gasteiger partial charge in [-0.25, -0.2) is 4.98 Å². The zero-order valence-electron chi connectivity index (χ0n) is 15.2. The van der Waals surface area contributed by atoms with Gasteiger partial charge in [-0.15, -0.1) is 12.4 Å². The molecule has 0 saturated carbocycles. The molecule has 0 aliphatic carbocycles. The number of nitrogens with one attached hydrogen (secondary N) is 2. The Morgan fingerprint density at radius 3 is 2.70 bits per heavy atom. The van der Waals surface area contributed by atoms with Crippen LogP contribution in [-0.2, 0) is 11.8 Å². The van der Waals surface area contributed by atoms with E-state index < -0.39 is 5.91 Å². The average Bonchev–Trinajstić information content (AvgIpc) is 3.06. The predicted octanol–water partition coefficient (Wildman–Crippen LogP) is 0.916. The Hall–Kier alpha value is -2.42. The number of aromatic nitrogens is 2. The van der Waals surface area contributed by atoms with Crippen LogP contribution in [0.1, 0.15) is 28.6 Å². The first-order valence-electron chi connectivity index (χ1n) is 8.66. The Balaban J connectivity index is 0.00000261. The number of nitrogens with zero attached hydrogens (tertiary/aromatic N) is 3. The van der Waals surface area contributed by atoms with Crippen molar-refractivity contribution >= 4 is 29.9 Å². The third-order valence-corrected chi connectivity index (χ3v) is 4.59. The van der Waals surface area contributed by atoms with Crippen LogP contribution in [0.4, 0.5) is 5.69 Å². The van der Waals surface area contributed by atoms with E-state index >= 15 is 0 Å². The van der Waals surface area contributed by atoms with Crippen molar-refractivity contribution in [1.82, 2.24) is 19.8 Å². The summed E-state index contributed by atoms with van der Waals surface area (Å²) in [6.45, 7) is 3.25. The summed E-state index contributed by atoms with van der Waals surface area (Å²) in [4.78, 5) is 30.1. The number of benzene rings is 1. The van der Waals surface area contributed by atoms with Gasteiger partial charge in [0.1, 0.15) is 5.82 Å². The maximum atomic E-state index is 12.3. The number of halogens is 1. The smallest absolute Gasteiger partial charge is 0.248 e. The largest absolute Gasteiger partial charge is 0.366 e. The third kappa shape index (κ3) is 5.29. The molecule has 1 unspecified atom stereocenters. The Labute approximate surface area is 164 Å². The molecule has 1 saturated heterocycles. The number of piperazine rings is 1. The standard InChI is InChI=1S/C18H24N6O2.ClH/c1-23-10-8-21-18(23)15-12-20-7-11-24(15)9-6-16(25)22-14-4-2-13(3-5-14)17(19)26;/h2-5,8,10,15,20H,6-7,9,11-12H2,1H3,(H2,19,26)(H,22,25);1H. The summed E-state index contributed by atoms with van der Waals surface area (Å²) in [6.07, 6.45) is 4.12. The van der Waals surface area contributed by atoms with E-state index in [1.807, 2.05) is 17.8 Å². The highest BCUT2D eigenvalue weighted by atomic mass is 35.5. The SMILES string of the molecule is Cl.Cn1ccnc1C1CNCCN1CCC(=O)Nc1ccc(C(N)=O)cc1. The molecule has 1 aliphatic rings. The second kappa shape index (κ2) is 9.50. The van der Waals surface area contributed by atoms with E-state index in [9.17, 15) is 9.59 Å². The molecule has 1 fully saturated rings. The molecule has 146 valence electrons. The Morgan fingerprint density at radius 2 is 2.07 bits per heavy atom. The van der Waals surface area contributed by atoms with Gasteiger partial charge in [0, 0.05) is 63.3 Å². The topological polar surface area (TPSA) is 105 Å². The molecule has 2 heterocycles. The Kier molecular flexibility index (Phi) is 7.35. The van der Waals surface area contributed by atoms with Gasteiger partial charge in [-0.05, 0) is 24.3 Å². The fourth-order valence-electron chi connectivity index (χ4n) is 3.15. The number of hydrogen-bond donors (Lipinski definition) is 3. The minimum absolute atomic E-state index is 0. The second-order valence-corrected chi connectivity index (χ2v) is 6.39. The summed E-state index contributed by atoms with van der Waals surface area (Å²) < 4.78 is 2.02. The molecule has 1 aromatic carbocycles. The predicted molar refractivity (Wildman–Crippen MR) is 106 cm³/mol. The van der Waals surface area contributed by atoms with Gasteiger partial charge >= 0.3 is 0 Å². The number of nitrogens with two attached hydrogens (primary N) is 1. The molecule has 1 atom stereocenters. The number of carbonyl (C=O) groups excluding carboxylic acids is 2. The number of primary amides is 1. The van der Waals surface area contributed by atoms with Crippen LogP contribution in [0, 0.1) is 0 Å². The van der Waals surface area contributed by atoms with E-state index in [0.717, 1.165) is 25.5 Å². The summed E-state index contributed by atoms with van der Waals surface area (Å²) in [5.74, 6) is 0.454. The summed E-state index contributed by atoms with van der Waals surface area (Å²) in [6, 6.07) is 6.72. The molecule has 9 heteroatoms. The molecule has 8 nitrogen and oxygen atoms in total. The van der Waals surface area contributed by atoms with E-state index in [-0.39, 0.29) is 24.4 Å². The fourth-order valence-corrected chi connectivity index (χ4v) is 3.15. The molecular formula is C18H25ClN6O2. The van der Waals surface area contributed by atoms with E-state index in [1.54, 1.807) is 30.5 Å². The highest BCUT2D eigenvalue weighted by Gasteiger charge is 2.26. The van der Waals surface area contributed by atoms with Crippen molar-refractivity contribution in [1.29, 1.82) is 0 Å². The lowest BCUT2D eigenvalue weighted by atomic mass is 10.1. The van der Waals surface area contributed by atoms with E-state index in [4.69, 9.17) is 5.73 Å². The van der Waals surface area contributed by atoms with Gasteiger partial charge in [0.15, 0.2) is 0 Å². The molecule has 0 radical (unpaired) electrons. The zero-order valence-corrected chi connectivity index (χ0v) is 16.0. The van der Waals surface area contributed by atoms with Crippen molar-refractivity contribution in [2.24, 2.45) is 12.8 Å². The number of hydrogen-bond acceptors (Lipinski definition) is 5. The van der Waals surface area contributed by atoms with Gasteiger partial charge in [0.2, 0.25) is 11.8 Å². The Morgan fingerprint density at radius 1 is 1.33 bits per heavy atom. The molecule has 2 amide bonds. The summed E-state index contributed by atoms with van der Waals surface area (Å²) in [5, 5.41) is 6.24. The van der Waals surface area contributed by atoms with E-state index in [0.29, 0.717) is 24.2 Å². The van der Waals surface area contributed by atoms with Crippen LogP contribution in [-0.4, -0.2) is 52.4 Å². The quantitative estimate of drug-likeness (QED) is 0.677. The van der Waals surface area contributed by atoms with Crippen molar-refractivity contribution in [2.75, 3.05) is 31.5 Å². The lowest BCUT2D eigenvalue weighted by Gasteiger charge is -2.35. The van der Waals surface area contributed by atoms with Crippen molar-refractivity contribution in [3.05, 3.63) is 48.0 Å². The molecular weight excluding hydrogens is 368 g/mol. The van der Waals surface area contributed by atoms with Crippen LogP contribution in [0.15, 0.2) is 36.7 Å². The molecule has 0 spiro atoms. The highest BCUT2D eigenvalue weighted by molar-refractivity contribution is 5.94. The minimum atomic E-state index is -0.484. The van der Waals surface area contributed by atoms with E-state index in [1.165, 1.54) is 0 Å². The highest BCUT2D eigenvalue weighted by Crippen LogP contribution is 2.20. The monoisotopic (exact) mass is 392 g/mol. The van der Waals surface area contributed by atoms with Gasteiger partial charge in [-0.3, -0.25) is 14.5 Å². The van der Waals surface area contributed by atoms with Crippen LogP contribution in [0.5, 0.6) is 0 Å². The zero-order chi connectivity index (χ0) is 18.5. The average molecular weight is 393 g/mol. The molecule has 2 aromatic rings. The molecule has 1 aliphatic heterocycles. The minimum Gasteiger partial charge on any atom is -0.366 e. The Bertz CT molecular complexity index is 776. The number of rotatable bonds is 6. The van der Waals surface area contributed by atoms with Crippen LogP contribution in [0.25, 0.3) is 0 Å². The second-order valence-electron chi connectivity index (χ2n) is 6.39. The van der Waals surface area contributed by atoms with Crippen LogP contribution in [0.2, 0.25) is 0 Å². The van der Waals surface area contributed by atoms with Gasteiger partial charge in [-0.1, -0.05) is 0 Å². The number of carbonyl (C=O) groups is 2. The molecule has 3 rings (SSSR count). The van der Waals surface area contributed by atoms with Gasteiger partial charge in [0.05, 0.1) is 6.04 Å². The lowest BCUT2D eigenvalue weighted by Crippen LogP contribution is -2.47. The molecule has 1 aromatic heterocycles. The lowest BCUT2D eigenvalue weighted by molar-refractivity contribution is -0.116. The summed E-state index contributed by atoms with van der Waals surface area (Å²) >= 11 is 0. The normalized spacial score (nSPS) is 17.1. The van der Waals surface area contributed by atoms with Gasteiger partial charge < -0.3 is 20.9 Å². The fraction of sp³-hybridized carbons (Fsp3) is 0.389. The van der Waals surface area contributed by atoms with Crippen molar-refractivity contribution in [3.63, 3.8) is 0 Å². The molecule has 4 N–H and O–H groups in total. The first-order chi connectivity index (χ1) is 12.5. The van der Waals surface area contributed by atoms with Crippen molar-refractivity contribution in [2.45, 2.75) is 12.5 Å². The van der Waals surface area contributed by atoms with Gasteiger partial charge in [0.25, 0.3) is 0 Å². The number of imidazole rings is 1. The number of aryl methyl sites for hydroxylation is 1. The van der Waals surface area contributed by atoms with Crippen molar-refractivity contribution in [3.8, 4) is 0 Å². The van der Waals surface area contributed by atoms with Crippen LogP contribution >= 0.6 is 12.4 Å². The van der Waals surface area contributed by atoms with Crippen molar-refractivity contribution < 1.29 is 9.59 Å². The van der Waals surface area contributed by atoms with E-state index in [2.05, 4.69) is 20.5 Å². The molecule has 0 bridgehead atoms. The number of anilines is 1. The maximum Gasteiger partial charge on any atom is 0.248 e.